The van der Waals surface area contributed by atoms with Gasteiger partial charge in [-0.2, -0.15) is 0 Å². The number of hydrogen-bond acceptors (Lipinski definition) is 5. The first-order valence-corrected chi connectivity index (χ1v) is 9.56. The minimum absolute atomic E-state index is 0.0877. The Bertz CT molecular complexity index is 777. The minimum atomic E-state index is -0.604. The summed E-state index contributed by atoms with van der Waals surface area (Å²) in [5.74, 6) is 1.55. The summed E-state index contributed by atoms with van der Waals surface area (Å²) in [5.41, 5.74) is 1.21. The lowest BCUT2D eigenvalue weighted by molar-refractivity contribution is 0.0355. The van der Waals surface area contributed by atoms with Gasteiger partial charge in [0.2, 0.25) is 5.88 Å². The average Bonchev–Trinajstić information content (AvgIpc) is 3.16. The van der Waals surface area contributed by atoms with Crippen molar-refractivity contribution in [1.82, 2.24) is 9.88 Å². The molecule has 0 radical (unpaired) electrons. The van der Waals surface area contributed by atoms with Gasteiger partial charge in [0, 0.05) is 37.3 Å². The molecule has 5 heteroatoms. The molecule has 0 spiro atoms. The van der Waals surface area contributed by atoms with Crippen LogP contribution in [0.2, 0.25) is 0 Å². The molecule has 2 aromatic rings. The maximum absolute atomic E-state index is 12.5. The van der Waals surface area contributed by atoms with Crippen molar-refractivity contribution in [2.45, 2.75) is 24.9 Å². The predicted molar refractivity (Wildman–Crippen MR) is 103 cm³/mol. The fourth-order valence-corrected chi connectivity index (χ4v) is 4.77. The number of likely N-dealkylation sites (tertiary alicyclic amines) is 1. The van der Waals surface area contributed by atoms with E-state index in [4.69, 9.17) is 4.74 Å². The Balaban J connectivity index is 1.32. The van der Waals surface area contributed by atoms with E-state index in [1.165, 1.54) is 5.56 Å². The summed E-state index contributed by atoms with van der Waals surface area (Å²) in [4.78, 5) is 18.9. The normalized spacial score (nSPS) is 27.5. The molecule has 142 valence electrons. The second-order valence-electron chi connectivity index (χ2n) is 8.02. The summed E-state index contributed by atoms with van der Waals surface area (Å²) in [6.45, 7) is 2.19. The van der Waals surface area contributed by atoms with Gasteiger partial charge >= 0.3 is 0 Å². The van der Waals surface area contributed by atoms with E-state index in [0.29, 0.717) is 29.8 Å². The minimum Gasteiger partial charge on any atom is -0.481 e. The number of methoxy groups -OCH3 is 1. The van der Waals surface area contributed by atoms with E-state index in [1.54, 1.807) is 25.4 Å². The van der Waals surface area contributed by atoms with Crippen molar-refractivity contribution in [3.05, 3.63) is 59.8 Å². The van der Waals surface area contributed by atoms with Crippen molar-refractivity contribution in [3.8, 4) is 5.88 Å². The van der Waals surface area contributed by atoms with Crippen LogP contribution in [-0.2, 0) is 6.42 Å². The summed E-state index contributed by atoms with van der Waals surface area (Å²) in [7, 11) is 1.56. The van der Waals surface area contributed by atoms with Crippen LogP contribution in [0.3, 0.4) is 0 Å². The summed E-state index contributed by atoms with van der Waals surface area (Å²) in [5, 5.41) is 11.0. The topological polar surface area (TPSA) is 62.7 Å². The molecule has 0 bridgehead atoms. The number of carbonyl (C=O) groups excluding carboxylic acids is 1. The number of aliphatic hydroxyl groups is 1. The molecule has 1 aliphatic carbocycles. The Morgan fingerprint density at radius 2 is 1.89 bits per heavy atom. The molecule has 5 nitrogen and oxygen atoms in total. The number of hydrogen-bond donors (Lipinski definition) is 1. The molecule has 1 aromatic carbocycles. The SMILES string of the molecule is COc1ccc(C(=O)CN2CC3CC(O)(Cc4ccccc4)CC3C2)cn1. The van der Waals surface area contributed by atoms with Crippen molar-refractivity contribution in [1.29, 1.82) is 0 Å². The van der Waals surface area contributed by atoms with E-state index in [1.807, 2.05) is 18.2 Å². The first-order valence-electron chi connectivity index (χ1n) is 9.56. The van der Waals surface area contributed by atoms with Gasteiger partial charge < -0.3 is 9.84 Å². The van der Waals surface area contributed by atoms with Crippen molar-refractivity contribution < 1.29 is 14.6 Å². The maximum Gasteiger partial charge on any atom is 0.212 e. The van der Waals surface area contributed by atoms with Crippen LogP contribution in [0.4, 0.5) is 0 Å². The number of nitrogens with zero attached hydrogens (tertiary/aromatic N) is 2. The van der Waals surface area contributed by atoms with Crippen molar-refractivity contribution >= 4 is 5.78 Å². The van der Waals surface area contributed by atoms with Crippen molar-refractivity contribution in [2.75, 3.05) is 26.7 Å². The first kappa shape index (κ1) is 18.1. The molecular weight excluding hydrogens is 340 g/mol. The second kappa shape index (κ2) is 7.41. The van der Waals surface area contributed by atoms with Gasteiger partial charge in [-0.05, 0) is 36.3 Å². The second-order valence-corrected chi connectivity index (χ2v) is 8.02. The van der Waals surface area contributed by atoms with Gasteiger partial charge in [-0.3, -0.25) is 9.69 Å². The standard InChI is InChI=1S/C22H26N2O3/c1-27-21-8-7-17(12-23-21)20(25)15-24-13-18-10-22(26,11-19(18)14-24)9-16-5-3-2-4-6-16/h2-8,12,18-19,26H,9-11,13-15H2,1H3. The van der Waals surface area contributed by atoms with Crippen LogP contribution in [0.5, 0.6) is 5.88 Å². The highest BCUT2D eigenvalue weighted by Crippen LogP contribution is 2.45. The van der Waals surface area contributed by atoms with Gasteiger partial charge in [0.15, 0.2) is 5.78 Å². The monoisotopic (exact) mass is 366 g/mol. The third-order valence-electron chi connectivity index (χ3n) is 5.95. The van der Waals surface area contributed by atoms with E-state index < -0.39 is 5.60 Å². The Kier molecular flexibility index (Phi) is 4.98. The third-order valence-corrected chi connectivity index (χ3v) is 5.95. The molecule has 4 rings (SSSR count). The third kappa shape index (κ3) is 4.04. The lowest BCUT2D eigenvalue weighted by Gasteiger charge is -2.26. The van der Waals surface area contributed by atoms with Gasteiger partial charge in [-0.25, -0.2) is 4.98 Å². The predicted octanol–water partition coefficient (Wildman–Crippen LogP) is 2.59. The quantitative estimate of drug-likeness (QED) is 0.796. The summed E-state index contributed by atoms with van der Waals surface area (Å²) in [6, 6.07) is 13.7. The number of Topliss-reactive ketones (excluding diaryl/α,β-unsaturated/α-hetero) is 1. The molecule has 2 unspecified atom stereocenters. The van der Waals surface area contributed by atoms with Crippen molar-refractivity contribution in [3.63, 3.8) is 0 Å². The van der Waals surface area contributed by atoms with Crippen LogP contribution in [0.25, 0.3) is 0 Å². The van der Waals surface area contributed by atoms with Gasteiger partial charge in [0.1, 0.15) is 0 Å². The van der Waals surface area contributed by atoms with Crippen LogP contribution in [0.15, 0.2) is 48.7 Å². The van der Waals surface area contributed by atoms with Crippen LogP contribution in [-0.4, -0.2) is 53.1 Å². The molecule has 1 aliphatic heterocycles. The molecule has 2 heterocycles. The number of ether oxygens (including phenoxy) is 1. The molecule has 1 saturated heterocycles. The zero-order valence-electron chi connectivity index (χ0n) is 15.7. The molecule has 1 N–H and O–H groups in total. The van der Waals surface area contributed by atoms with E-state index in [-0.39, 0.29) is 5.78 Å². The number of benzene rings is 1. The van der Waals surface area contributed by atoms with Gasteiger partial charge in [0.05, 0.1) is 19.3 Å². The zero-order valence-corrected chi connectivity index (χ0v) is 15.7. The summed E-state index contributed by atoms with van der Waals surface area (Å²) >= 11 is 0. The lowest BCUT2D eigenvalue weighted by atomic mass is 9.91. The number of rotatable bonds is 6. The summed E-state index contributed by atoms with van der Waals surface area (Å²) < 4.78 is 5.04. The zero-order chi connectivity index (χ0) is 18.9. The molecule has 1 aromatic heterocycles. The number of carbonyl (C=O) groups is 1. The van der Waals surface area contributed by atoms with E-state index >= 15 is 0 Å². The Hall–Kier alpha value is -2.24. The molecule has 27 heavy (non-hydrogen) atoms. The van der Waals surface area contributed by atoms with E-state index in [0.717, 1.165) is 32.4 Å². The fourth-order valence-electron chi connectivity index (χ4n) is 4.77. The maximum atomic E-state index is 12.5. The Morgan fingerprint density at radius 1 is 1.19 bits per heavy atom. The molecule has 2 fully saturated rings. The van der Waals surface area contributed by atoms with Crippen molar-refractivity contribution in [2.24, 2.45) is 11.8 Å². The van der Waals surface area contributed by atoms with Crippen LogP contribution < -0.4 is 4.74 Å². The van der Waals surface area contributed by atoms with E-state index in [2.05, 4.69) is 22.0 Å². The fraction of sp³-hybridized carbons (Fsp3) is 0.455. The van der Waals surface area contributed by atoms with Crippen LogP contribution >= 0.6 is 0 Å². The molecular formula is C22H26N2O3. The number of ketones is 1. The molecule has 0 amide bonds. The number of fused-ring (bicyclic) bond motifs is 1. The molecule has 2 atom stereocenters. The average molecular weight is 366 g/mol. The smallest absolute Gasteiger partial charge is 0.212 e. The Labute approximate surface area is 160 Å². The molecule has 1 saturated carbocycles. The van der Waals surface area contributed by atoms with Gasteiger partial charge in [-0.15, -0.1) is 0 Å². The number of aromatic nitrogens is 1. The lowest BCUT2D eigenvalue weighted by Crippen LogP contribution is -2.34. The summed E-state index contributed by atoms with van der Waals surface area (Å²) in [6.07, 6.45) is 3.94. The van der Waals surface area contributed by atoms with Crippen LogP contribution in [0.1, 0.15) is 28.8 Å². The highest BCUT2D eigenvalue weighted by Gasteiger charge is 2.48. The van der Waals surface area contributed by atoms with Crippen LogP contribution in [0, 0.1) is 11.8 Å². The Morgan fingerprint density at radius 3 is 2.48 bits per heavy atom. The number of pyridine rings is 1. The van der Waals surface area contributed by atoms with Gasteiger partial charge in [-0.1, -0.05) is 30.3 Å². The highest BCUT2D eigenvalue weighted by atomic mass is 16.5. The molecule has 2 aliphatic rings. The largest absolute Gasteiger partial charge is 0.481 e. The highest BCUT2D eigenvalue weighted by molar-refractivity contribution is 5.97. The van der Waals surface area contributed by atoms with Gasteiger partial charge in [0.25, 0.3) is 0 Å². The van der Waals surface area contributed by atoms with E-state index in [9.17, 15) is 9.90 Å². The first-order chi connectivity index (χ1) is 13.0.